The van der Waals surface area contributed by atoms with E-state index in [1.54, 1.807) is 12.3 Å². The van der Waals surface area contributed by atoms with Crippen LogP contribution in [0.3, 0.4) is 0 Å². The minimum atomic E-state index is -0.517. The zero-order valence-corrected chi connectivity index (χ0v) is 17.6. The minimum Gasteiger partial charge on any atom is -0.457 e. The summed E-state index contributed by atoms with van der Waals surface area (Å²) >= 11 is 1.39. The van der Waals surface area contributed by atoms with Crippen molar-refractivity contribution in [3.8, 4) is 17.4 Å². The molecule has 0 aliphatic rings. The number of nitrogens with zero attached hydrogens (tertiary/aromatic N) is 2. The average Bonchev–Trinajstić information content (AvgIpc) is 3.44. The van der Waals surface area contributed by atoms with E-state index in [4.69, 9.17) is 4.42 Å². The maximum Gasteiger partial charge on any atom is 0.268 e. The van der Waals surface area contributed by atoms with E-state index < -0.39 is 5.91 Å². The molecule has 0 aliphatic carbocycles. The molecule has 0 radical (unpaired) electrons. The van der Waals surface area contributed by atoms with Crippen LogP contribution in [0.25, 0.3) is 17.4 Å². The highest BCUT2D eigenvalue weighted by Crippen LogP contribution is 2.24. The second-order valence-electron chi connectivity index (χ2n) is 6.99. The first-order chi connectivity index (χ1) is 15.1. The average molecular weight is 426 g/mol. The van der Waals surface area contributed by atoms with Crippen molar-refractivity contribution in [3.63, 3.8) is 0 Å². The number of hydrogen-bond donors (Lipinski definition) is 1. The van der Waals surface area contributed by atoms with Crippen molar-refractivity contribution < 1.29 is 9.21 Å². The molecule has 0 saturated carbocycles. The van der Waals surface area contributed by atoms with E-state index in [0.717, 1.165) is 16.9 Å². The molecule has 0 unspecified atom stereocenters. The summed E-state index contributed by atoms with van der Waals surface area (Å²) in [7, 11) is 0. The molecule has 4 aromatic rings. The number of carbonyl (C=O) groups is 1. The number of carbonyl (C=O) groups excluding carboxylic acids is 1. The first kappa shape index (κ1) is 20.3. The van der Waals surface area contributed by atoms with Crippen LogP contribution in [0.1, 0.15) is 21.8 Å². The van der Waals surface area contributed by atoms with Crippen LogP contribution >= 0.6 is 11.3 Å². The van der Waals surface area contributed by atoms with Crippen LogP contribution in [0.15, 0.2) is 82.9 Å². The van der Waals surface area contributed by atoms with Gasteiger partial charge in [0.15, 0.2) is 5.13 Å². The topological polar surface area (TPSA) is 78.9 Å². The molecule has 31 heavy (non-hydrogen) atoms. The van der Waals surface area contributed by atoms with Gasteiger partial charge in [0.2, 0.25) is 0 Å². The number of furan rings is 1. The van der Waals surface area contributed by atoms with E-state index in [9.17, 15) is 10.1 Å². The van der Waals surface area contributed by atoms with Gasteiger partial charge in [-0.2, -0.15) is 5.26 Å². The molecule has 0 aliphatic heterocycles. The maximum atomic E-state index is 12.6. The van der Waals surface area contributed by atoms with Crippen LogP contribution in [0.5, 0.6) is 0 Å². The number of hydrogen-bond acceptors (Lipinski definition) is 5. The standard InChI is InChI=1S/C25H19N3O2S/c1-17-7-9-18(10-8-17)13-22-16-27-25(31-22)28-24(29)20(15-26)14-21-11-12-23(30-21)19-5-3-2-4-6-19/h2-12,14,16H,13H2,1H3,(H,27,28,29)/b20-14-. The zero-order valence-electron chi connectivity index (χ0n) is 16.8. The smallest absolute Gasteiger partial charge is 0.268 e. The van der Waals surface area contributed by atoms with Gasteiger partial charge in [-0.3, -0.25) is 10.1 Å². The fourth-order valence-electron chi connectivity index (χ4n) is 3.00. The Balaban J connectivity index is 1.44. The Bertz CT molecular complexity index is 1260. The Hall–Kier alpha value is -3.95. The third-order valence-corrected chi connectivity index (χ3v) is 5.52. The lowest BCUT2D eigenvalue weighted by Gasteiger charge is -2.00. The number of nitriles is 1. The predicted octanol–water partition coefficient (Wildman–Crippen LogP) is 5.85. The summed E-state index contributed by atoms with van der Waals surface area (Å²) in [6.07, 6.45) is 3.92. The Labute approximate surface area is 184 Å². The first-order valence-electron chi connectivity index (χ1n) is 9.69. The van der Waals surface area contributed by atoms with Gasteiger partial charge in [0.05, 0.1) is 0 Å². The fraction of sp³-hybridized carbons (Fsp3) is 0.0800. The van der Waals surface area contributed by atoms with Crippen LogP contribution in [0.4, 0.5) is 5.13 Å². The van der Waals surface area contributed by atoms with Crippen LogP contribution in [0.2, 0.25) is 0 Å². The second kappa shape index (κ2) is 9.24. The lowest BCUT2D eigenvalue weighted by atomic mass is 10.1. The van der Waals surface area contributed by atoms with Crippen LogP contribution in [-0.4, -0.2) is 10.9 Å². The summed E-state index contributed by atoms with van der Waals surface area (Å²) in [5, 5.41) is 12.6. The normalized spacial score (nSPS) is 11.2. The molecule has 2 aromatic carbocycles. The molecule has 1 amide bonds. The molecular weight excluding hydrogens is 406 g/mol. The number of benzene rings is 2. The highest BCUT2D eigenvalue weighted by Gasteiger charge is 2.13. The van der Waals surface area contributed by atoms with E-state index in [-0.39, 0.29) is 5.57 Å². The molecule has 0 bridgehead atoms. The Morgan fingerprint density at radius 1 is 1.13 bits per heavy atom. The van der Waals surface area contributed by atoms with Gasteiger partial charge in [0.1, 0.15) is 23.2 Å². The molecule has 0 atom stereocenters. The molecule has 4 rings (SSSR count). The third-order valence-electron chi connectivity index (χ3n) is 4.61. The Kier molecular flexibility index (Phi) is 6.06. The van der Waals surface area contributed by atoms with Crippen molar-refractivity contribution in [2.24, 2.45) is 0 Å². The van der Waals surface area contributed by atoms with Gasteiger partial charge in [-0.25, -0.2) is 4.98 Å². The number of anilines is 1. The molecule has 2 aromatic heterocycles. The van der Waals surface area contributed by atoms with Crippen molar-refractivity contribution in [1.29, 1.82) is 5.26 Å². The second-order valence-corrected chi connectivity index (χ2v) is 8.10. The van der Waals surface area contributed by atoms with E-state index in [0.29, 0.717) is 16.7 Å². The van der Waals surface area contributed by atoms with E-state index in [2.05, 4.69) is 41.5 Å². The first-order valence-corrected chi connectivity index (χ1v) is 10.5. The number of rotatable bonds is 6. The van der Waals surface area contributed by atoms with Gasteiger partial charge in [-0.1, -0.05) is 60.2 Å². The number of thiazole rings is 1. The molecule has 0 saturated heterocycles. The summed E-state index contributed by atoms with van der Waals surface area (Å²) in [4.78, 5) is 17.8. The molecule has 0 fully saturated rings. The highest BCUT2D eigenvalue weighted by molar-refractivity contribution is 7.15. The minimum absolute atomic E-state index is 0.0516. The summed E-state index contributed by atoms with van der Waals surface area (Å²) in [5.41, 5.74) is 3.26. The largest absolute Gasteiger partial charge is 0.457 e. The van der Waals surface area contributed by atoms with E-state index in [1.807, 2.05) is 42.5 Å². The van der Waals surface area contributed by atoms with Crippen molar-refractivity contribution in [2.45, 2.75) is 13.3 Å². The van der Waals surface area contributed by atoms with Gasteiger partial charge in [0, 0.05) is 29.1 Å². The number of nitrogens with one attached hydrogen (secondary N) is 1. The van der Waals surface area contributed by atoms with Gasteiger partial charge in [-0.05, 0) is 24.6 Å². The number of aryl methyl sites for hydroxylation is 1. The summed E-state index contributed by atoms with van der Waals surface area (Å²) in [6, 6.07) is 23.4. The highest BCUT2D eigenvalue weighted by atomic mass is 32.1. The quantitative estimate of drug-likeness (QED) is 0.310. The predicted molar refractivity (Wildman–Crippen MR) is 122 cm³/mol. The lowest BCUT2D eigenvalue weighted by molar-refractivity contribution is -0.112. The van der Waals surface area contributed by atoms with Gasteiger partial charge in [-0.15, -0.1) is 11.3 Å². The van der Waals surface area contributed by atoms with E-state index in [1.165, 1.54) is 28.5 Å². The SMILES string of the molecule is Cc1ccc(Cc2cnc(NC(=O)/C(C#N)=C\c3ccc(-c4ccccc4)o3)s2)cc1. The summed E-state index contributed by atoms with van der Waals surface area (Å²) < 4.78 is 5.76. The van der Waals surface area contributed by atoms with Crippen molar-refractivity contribution in [1.82, 2.24) is 4.98 Å². The molecule has 1 N–H and O–H groups in total. The summed E-state index contributed by atoms with van der Waals surface area (Å²) in [5.74, 6) is 0.589. The van der Waals surface area contributed by atoms with E-state index >= 15 is 0 Å². The maximum absolute atomic E-state index is 12.6. The zero-order chi connectivity index (χ0) is 21.6. The van der Waals surface area contributed by atoms with Crippen LogP contribution < -0.4 is 5.32 Å². The third kappa shape index (κ3) is 5.16. The molecule has 2 heterocycles. The Morgan fingerprint density at radius 2 is 1.90 bits per heavy atom. The van der Waals surface area contributed by atoms with Gasteiger partial charge in [0.25, 0.3) is 5.91 Å². The van der Waals surface area contributed by atoms with Crippen molar-refractivity contribution in [2.75, 3.05) is 5.32 Å². The summed E-state index contributed by atoms with van der Waals surface area (Å²) in [6.45, 7) is 2.05. The Morgan fingerprint density at radius 3 is 2.65 bits per heavy atom. The van der Waals surface area contributed by atoms with Gasteiger partial charge < -0.3 is 4.42 Å². The van der Waals surface area contributed by atoms with Gasteiger partial charge >= 0.3 is 0 Å². The monoisotopic (exact) mass is 425 g/mol. The lowest BCUT2D eigenvalue weighted by Crippen LogP contribution is -2.13. The molecule has 0 spiro atoms. The molecule has 6 heteroatoms. The van der Waals surface area contributed by atoms with Crippen LogP contribution in [0, 0.1) is 18.3 Å². The fourth-order valence-corrected chi connectivity index (χ4v) is 3.84. The number of aromatic nitrogens is 1. The van der Waals surface area contributed by atoms with Crippen molar-refractivity contribution in [3.05, 3.63) is 100 Å². The van der Waals surface area contributed by atoms with Crippen LogP contribution in [-0.2, 0) is 11.2 Å². The number of amides is 1. The van der Waals surface area contributed by atoms with Crippen molar-refractivity contribution >= 4 is 28.5 Å². The molecular formula is C25H19N3O2S. The molecule has 5 nitrogen and oxygen atoms in total. The molecule has 152 valence electrons.